The number of carbonyl (C=O) groups is 3. The molecule has 0 aromatic heterocycles. The molecule has 1 aliphatic rings. The van der Waals surface area contributed by atoms with Gasteiger partial charge in [0.2, 0.25) is 5.91 Å². The zero-order chi connectivity index (χ0) is 24.0. The number of nitrogens with one attached hydrogen (secondary N) is 2. The zero-order valence-corrected chi connectivity index (χ0v) is 19.1. The Morgan fingerprint density at radius 1 is 1.03 bits per heavy atom. The van der Waals surface area contributed by atoms with E-state index in [-0.39, 0.29) is 42.9 Å². The number of carboxylic acids is 1. The second-order valence-corrected chi connectivity index (χ2v) is 8.52. The first-order chi connectivity index (χ1) is 15.8. The van der Waals surface area contributed by atoms with Crippen LogP contribution in [0.15, 0.2) is 60.2 Å². The van der Waals surface area contributed by atoms with Crippen molar-refractivity contribution in [3.63, 3.8) is 0 Å². The molecular weight excluding hydrogens is 420 g/mol. The van der Waals surface area contributed by atoms with Gasteiger partial charge in [-0.05, 0) is 35.1 Å². The number of alkyl carbamates (subject to hydrolysis) is 1. The van der Waals surface area contributed by atoms with E-state index in [2.05, 4.69) is 34.9 Å². The van der Waals surface area contributed by atoms with E-state index in [1.807, 2.05) is 38.1 Å². The molecule has 3 N–H and O–H groups in total. The summed E-state index contributed by atoms with van der Waals surface area (Å²) in [6.45, 7) is 5.61. The van der Waals surface area contributed by atoms with Crippen molar-refractivity contribution in [3.05, 3.63) is 71.3 Å². The van der Waals surface area contributed by atoms with E-state index < -0.39 is 18.1 Å². The van der Waals surface area contributed by atoms with Gasteiger partial charge in [0, 0.05) is 30.5 Å². The van der Waals surface area contributed by atoms with Crippen molar-refractivity contribution in [2.75, 3.05) is 13.2 Å². The first-order valence-electron chi connectivity index (χ1n) is 11.1. The highest BCUT2D eigenvalue weighted by molar-refractivity contribution is 5.86. The minimum atomic E-state index is -1.03. The van der Waals surface area contributed by atoms with Crippen LogP contribution in [0.3, 0.4) is 0 Å². The Labute approximate surface area is 193 Å². The molecule has 7 nitrogen and oxygen atoms in total. The molecule has 0 heterocycles. The number of carboxylic acid groups (broad SMARTS) is 1. The standard InChI is InChI=1S/C26H30N2O5/c1-16(2)23(14-24(29)27-13-12-17(3)25(30)31)28-26(32)33-15-22-20-10-6-4-8-18(20)19-9-5-7-11-21(19)22/h4-12,16,22-23H,13-15H2,1-3H3,(H,27,29)(H,28,32)(H,30,31)/b17-12+/t23-/m1/s1. The first kappa shape index (κ1) is 24.0. The summed E-state index contributed by atoms with van der Waals surface area (Å²) in [5.74, 6) is -1.33. The summed E-state index contributed by atoms with van der Waals surface area (Å²) in [6.07, 6.45) is 0.941. The molecule has 1 atom stereocenters. The quantitative estimate of drug-likeness (QED) is 0.499. The van der Waals surface area contributed by atoms with Crippen LogP contribution in [0.25, 0.3) is 11.1 Å². The number of hydrogen-bond donors (Lipinski definition) is 3. The van der Waals surface area contributed by atoms with Gasteiger partial charge >= 0.3 is 12.1 Å². The summed E-state index contributed by atoms with van der Waals surface area (Å²) in [7, 11) is 0. The predicted molar refractivity (Wildman–Crippen MR) is 126 cm³/mol. The van der Waals surface area contributed by atoms with Gasteiger partial charge in [-0.15, -0.1) is 0 Å². The van der Waals surface area contributed by atoms with Crippen molar-refractivity contribution in [1.82, 2.24) is 10.6 Å². The van der Waals surface area contributed by atoms with Crippen LogP contribution in [0.1, 0.15) is 44.2 Å². The molecule has 0 aliphatic heterocycles. The van der Waals surface area contributed by atoms with Gasteiger partial charge in [-0.3, -0.25) is 4.79 Å². The molecule has 0 radical (unpaired) electrons. The highest BCUT2D eigenvalue weighted by Gasteiger charge is 2.29. The van der Waals surface area contributed by atoms with E-state index in [1.165, 1.54) is 13.0 Å². The number of rotatable bonds is 9. The average molecular weight is 451 g/mol. The van der Waals surface area contributed by atoms with E-state index in [0.29, 0.717) is 0 Å². The molecule has 7 heteroatoms. The molecule has 0 bridgehead atoms. The fourth-order valence-corrected chi connectivity index (χ4v) is 3.92. The van der Waals surface area contributed by atoms with Crippen LogP contribution in [-0.4, -0.2) is 42.3 Å². The molecule has 3 rings (SSSR count). The van der Waals surface area contributed by atoms with Crippen molar-refractivity contribution in [1.29, 1.82) is 0 Å². The van der Waals surface area contributed by atoms with Gasteiger partial charge in [-0.25, -0.2) is 9.59 Å². The van der Waals surface area contributed by atoms with Crippen molar-refractivity contribution in [2.45, 2.75) is 39.2 Å². The largest absolute Gasteiger partial charge is 0.478 e. The molecule has 1 aliphatic carbocycles. The third kappa shape index (κ3) is 6.00. The molecule has 0 unspecified atom stereocenters. The number of hydrogen-bond acceptors (Lipinski definition) is 4. The summed E-state index contributed by atoms with van der Waals surface area (Å²) in [5, 5.41) is 14.3. The lowest BCUT2D eigenvalue weighted by Gasteiger charge is -2.22. The first-order valence-corrected chi connectivity index (χ1v) is 11.1. The molecule has 0 fully saturated rings. The fourth-order valence-electron chi connectivity index (χ4n) is 3.92. The summed E-state index contributed by atoms with van der Waals surface area (Å²) in [6, 6.07) is 15.8. The van der Waals surface area contributed by atoms with Gasteiger partial charge < -0.3 is 20.5 Å². The van der Waals surface area contributed by atoms with Crippen molar-refractivity contribution in [2.24, 2.45) is 5.92 Å². The molecule has 2 aromatic carbocycles. The van der Waals surface area contributed by atoms with Gasteiger partial charge in [0.15, 0.2) is 0 Å². The monoisotopic (exact) mass is 450 g/mol. The molecule has 33 heavy (non-hydrogen) atoms. The molecule has 2 aromatic rings. The Morgan fingerprint density at radius 2 is 1.61 bits per heavy atom. The SMILES string of the molecule is C/C(=C\CNC(=O)C[C@@H](NC(=O)OCC1c2ccccc2-c2ccccc21)C(C)C)C(=O)O. The van der Waals surface area contributed by atoms with Crippen molar-refractivity contribution in [3.8, 4) is 11.1 Å². The number of carbonyl (C=O) groups excluding carboxylic acids is 2. The molecule has 174 valence electrons. The third-order valence-corrected chi connectivity index (χ3v) is 5.90. The highest BCUT2D eigenvalue weighted by atomic mass is 16.5. The lowest BCUT2D eigenvalue weighted by atomic mass is 9.98. The molecule has 0 saturated carbocycles. The normalized spacial score (nSPS) is 13.8. The predicted octanol–water partition coefficient (Wildman–Crippen LogP) is 4.09. The Bertz CT molecular complexity index is 1010. The maximum atomic E-state index is 12.6. The Hall–Kier alpha value is -3.61. The number of fused-ring (bicyclic) bond motifs is 3. The third-order valence-electron chi connectivity index (χ3n) is 5.90. The number of benzene rings is 2. The van der Waals surface area contributed by atoms with Gasteiger partial charge in [0.05, 0.1) is 0 Å². The minimum absolute atomic E-state index is 0.00697. The molecular formula is C26H30N2O5. The van der Waals surface area contributed by atoms with Crippen molar-refractivity contribution >= 4 is 18.0 Å². The fraction of sp³-hybridized carbons (Fsp3) is 0.346. The maximum Gasteiger partial charge on any atom is 0.407 e. The van der Waals surface area contributed by atoms with Crippen LogP contribution in [0.4, 0.5) is 4.79 Å². The van der Waals surface area contributed by atoms with Crippen LogP contribution >= 0.6 is 0 Å². The van der Waals surface area contributed by atoms with Crippen LogP contribution in [0, 0.1) is 5.92 Å². The van der Waals surface area contributed by atoms with E-state index in [9.17, 15) is 14.4 Å². The molecule has 0 saturated heterocycles. The second-order valence-electron chi connectivity index (χ2n) is 8.52. The lowest BCUT2D eigenvalue weighted by molar-refractivity contribution is -0.132. The zero-order valence-electron chi connectivity index (χ0n) is 19.1. The minimum Gasteiger partial charge on any atom is -0.478 e. The average Bonchev–Trinajstić information content (AvgIpc) is 3.10. The van der Waals surface area contributed by atoms with Crippen molar-refractivity contribution < 1.29 is 24.2 Å². The Balaban J connectivity index is 1.56. The van der Waals surface area contributed by atoms with E-state index >= 15 is 0 Å². The maximum absolute atomic E-state index is 12.6. The number of amides is 2. The topological polar surface area (TPSA) is 105 Å². The van der Waals surface area contributed by atoms with Gasteiger partial charge in [0.1, 0.15) is 6.61 Å². The lowest BCUT2D eigenvalue weighted by Crippen LogP contribution is -2.42. The van der Waals surface area contributed by atoms with Gasteiger partial charge in [0.25, 0.3) is 0 Å². The Morgan fingerprint density at radius 3 is 2.15 bits per heavy atom. The molecule has 0 spiro atoms. The van der Waals surface area contributed by atoms with E-state index in [4.69, 9.17) is 9.84 Å². The molecule has 2 amide bonds. The number of ether oxygens (including phenoxy) is 1. The van der Waals surface area contributed by atoms with Gasteiger partial charge in [-0.1, -0.05) is 68.5 Å². The summed E-state index contributed by atoms with van der Waals surface area (Å²) >= 11 is 0. The van der Waals surface area contributed by atoms with Crippen LogP contribution in [0.2, 0.25) is 0 Å². The van der Waals surface area contributed by atoms with Crippen LogP contribution in [0.5, 0.6) is 0 Å². The van der Waals surface area contributed by atoms with E-state index in [1.54, 1.807) is 0 Å². The van der Waals surface area contributed by atoms with E-state index in [0.717, 1.165) is 22.3 Å². The summed E-state index contributed by atoms with van der Waals surface area (Å²) in [5.41, 5.74) is 4.75. The van der Waals surface area contributed by atoms with Gasteiger partial charge in [-0.2, -0.15) is 0 Å². The summed E-state index contributed by atoms with van der Waals surface area (Å²) in [4.78, 5) is 35.6. The second kappa shape index (κ2) is 10.8. The Kier molecular flexibility index (Phi) is 7.87. The summed E-state index contributed by atoms with van der Waals surface area (Å²) < 4.78 is 5.58. The smallest absolute Gasteiger partial charge is 0.407 e. The number of aliphatic carboxylic acids is 1. The van der Waals surface area contributed by atoms with Crippen LogP contribution < -0.4 is 10.6 Å². The van der Waals surface area contributed by atoms with Crippen LogP contribution in [-0.2, 0) is 14.3 Å². The highest BCUT2D eigenvalue weighted by Crippen LogP contribution is 2.44.